The van der Waals surface area contributed by atoms with Crippen LogP contribution in [-0.2, 0) is 26.1 Å². The SMILES string of the molecule is O=C(Nc1ccc(S(=O)(=O)N2CCOCC2)cc1)C1CCN(Cc2cccc3ccccc23)CC1. The van der Waals surface area contributed by atoms with Crippen molar-refractivity contribution in [2.45, 2.75) is 24.3 Å². The molecule has 0 aromatic heterocycles. The molecule has 184 valence electrons. The Hall–Kier alpha value is -2.78. The maximum Gasteiger partial charge on any atom is 0.243 e. The van der Waals surface area contributed by atoms with Crippen LogP contribution in [0.15, 0.2) is 71.6 Å². The maximum absolute atomic E-state index is 12.9. The molecule has 0 bridgehead atoms. The Bertz CT molecular complexity index is 1270. The number of benzene rings is 3. The second kappa shape index (κ2) is 10.5. The molecule has 35 heavy (non-hydrogen) atoms. The van der Waals surface area contributed by atoms with Crippen molar-refractivity contribution in [1.29, 1.82) is 0 Å². The van der Waals surface area contributed by atoms with E-state index in [1.54, 1.807) is 24.3 Å². The zero-order chi connectivity index (χ0) is 24.3. The number of carbonyl (C=O) groups excluding carboxylic acids is 1. The predicted octanol–water partition coefficient (Wildman–Crippen LogP) is 3.71. The highest BCUT2D eigenvalue weighted by Crippen LogP contribution is 2.25. The van der Waals surface area contributed by atoms with E-state index in [0.29, 0.717) is 32.0 Å². The van der Waals surface area contributed by atoms with Crippen molar-refractivity contribution >= 4 is 32.4 Å². The van der Waals surface area contributed by atoms with Gasteiger partial charge in [-0.25, -0.2) is 8.42 Å². The molecule has 0 spiro atoms. The van der Waals surface area contributed by atoms with Gasteiger partial charge in [-0.1, -0.05) is 42.5 Å². The van der Waals surface area contributed by atoms with Crippen LogP contribution in [0.4, 0.5) is 5.69 Å². The molecule has 5 rings (SSSR count). The Kier molecular flexibility index (Phi) is 7.15. The van der Waals surface area contributed by atoms with Gasteiger partial charge >= 0.3 is 0 Å². The van der Waals surface area contributed by atoms with Crippen molar-refractivity contribution in [3.8, 4) is 0 Å². The first-order valence-corrected chi connectivity index (χ1v) is 13.6. The van der Waals surface area contributed by atoms with E-state index in [0.717, 1.165) is 32.5 Å². The summed E-state index contributed by atoms with van der Waals surface area (Å²) in [5.41, 5.74) is 1.94. The Morgan fingerprint density at radius 2 is 1.57 bits per heavy atom. The molecule has 0 saturated carbocycles. The highest BCUT2D eigenvalue weighted by Gasteiger charge is 2.27. The standard InChI is InChI=1S/C27H31N3O4S/c31-27(28-24-8-10-25(11-9-24)35(32,33)30-16-18-34-19-17-30)22-12-14-29(15-13-22)20-23-6-3-5-21-4-1-2-7-26(21)23/h1-11,22H,12-20H2,(H,28,31). The summed E-state index contributed by atoms with van der Waals surface area (Å²) < 4.78 is 32.2. The van der Waals surface area contributed by atoms with Gasteiger partial charge in [-0.2, -0.15) is 4.31 Å². The van der Waals surface area contributed by atoms with E-state index < -0.39 is 10.0 Å². The van der Waals surface area contributed by atoms with E-state index in [9.17, 15) is 13.2 Å². The van der Waals surface area contributed by atoms with Crippen LogP contribution >= 0.6 is 0 Å². The molecule has 2 fully saturated rings. The summed E-state index contributed by atoms with van der Waals surface area (Å²) in [7, 11) is -3.54. The van der Waals surface area contributed by atoms with Gasteiger partial charge in [0.25, 0.3) is 0 Å². The second-order valence-electron chi connectivity index (χ2n) is 9.22. The lowest BCUT2D eigenvalue weighted by Gasteiger charge is -2.31. The number of carbonyl (C=O) groups is 1. The fourth-order valence-electron chi connectivity index (χ4n) is 4.92. The molecule has 2 aliphatic rings. The van der Waals surface area contributed by atoms with Gasteiger partial charge < -0.3 is 10.1 Å². The molecule has 0 unspecified atom stereocenters. The zero-order valence-electron chi connectivity index (χ0n) is 19.7. The largest absolute Gasteiger partial charge is 0.379 e. The van der Waals surface area contributed by atoms with Gasteiger partial charge in [0.05, 0.1) is 18.1 Å². The van der Waals surface area contributed by atoms with Crippen LogP contribution in [0.5, 0.6) is 0 Å². The number of piperidine rings is 1. The summed E-state index contributed by atoms with van der Waals surface area (Å²) in [5, 5.41) is 5.51. The lowest BCUT2D eigenvalue weighted by Crippen LogP contribution is -2.40. The number of hydrogen-bond donors (Lipinski definition) is 1. The lowest BCUT2D eigenvalue weighted by atomic mass is 9.95. The number of fused-ring (bicyclic) bond motifs is 1. The molecule has 7 nitrogen and oxygen atoms in total. The van der Waals surface area contributed by atoms with Gasteiger partial charge in [-0.15, -0.1) is 0 Å². The van der Waals surface area contributed by atoms with Gasteiger partial charge in [0.1, 0.15) is 0 Å². The van der Waals surface area contributed by atoms with Gasteiger partial charge in [0.15, 0.2) is 0 Å². The number of sulfonamides is 1. The van der Waals surface area contributed by atoms with Crippen LogP contribution in [0.25, 0.3) is 10.8 Å². The van der Waals surface area contributed by atoms with Crippen LogP contribution in [0.3, 0.4) is 0 Å². The third-order valence-corrected chi connectivity index (χ3v) is 8.87. The molecule has 0 aliphatic carbocycles. The fraction of sp³-hybridized carbons (Fsp3) is 0.370. The number of ether oxygens (including phenoxy) is 1. The number of morpholine rings is 1. The van der Waals surface area contributed by atoms with E-state index in [4.69, 9.17) is 4.74 Å². The molecule has 3 aromatic carbocycles. The fourth-order valence-corrected chi connectivity index (χ4v) is 6.32. The first-order chi connectivity index (χ1) is 17.0. The monoisotopic (exact) mass is 493 g/mol. The van der Waals surface area contributed by atoms with Crippen LogP contribution in [0, 0.1) is 5.92 Å². The number of anilines is 1. The molecule has 2 heterocycles. The highest BCUT2D eigenvalue weighted by atomic mass is 32.2. The number of rotatable bonds is 6. The summed E-state index contributed by atoms with van der Waals surface area (Å²) in [6.07, 6.45) is 1.61. The maximum atomic E-state index is 12.9. The molecule has 2 saturated heterocycles. The molecular formula is C27H31N3O4S. The van der Waals surface area contributed by atoms with Gasteiger partial charge in [-0.05, 0) is 66.5 Å². The van der Waals surface area contributed by atoms with Crippen LogP contribution < -0.4 is 5.32 Å². The van der Waals surface area contributed by atoms with Crippen molar-refractivity contribution in [2.24, 2.45) is 5.92 Å². The van der Waals surface area contributed by atoms with Crippen molar-refractivity contribution in [3.63, 3.8) is 0 Å². The Labute approximate surface area is 206 Å². The molecule has 2 aliphatic heterocycles. The Balaban J connectivity index is 1.15. The minimum Gasteiger partial charge on any atom is -0.379 e. The average Bonchev–Trinajstić information content (AvgIpc) is 2.90. The third kappa shape index (κ3) is 5.41. The average molecular weight is 494 g/mol. The topological polar surface area (TPSA) is 79.0 Å². The molecule has 8 heteroatoms. The van der Waals surface area contributed by atoms with E-state index in [1.807, 2.05) is 0 Å². The van der Waals surface area contributed by atoms with Crippen LogP contribution in [0.2, 0.25) is 0 Å². The molecule has 0 atom stereocenters. The lowest BCUT2D eigenvalue weighted by molar-refractivity contribution is -0.121. The van der Waals surface area contributed by atoms with E-state index >= 15 is 0 Å². The quantitative estimate of drug-likeness (QED) is 0.566. The number of nitrogens with one attached hydrogen (secondary N) is 1. The van der Waals surface area contributed by atoms with Gasteiger partial charge in [0, 0.05) is 31.2 Å². The summed E-state index contributed by atoms with van der Waals surface area (Å²) in [6, 6.07) is 21.3. The van der Waals surface area contributed by atoms with Crippen molar-refractivity contribution < 1.29 is 17.9 Å². The Morgan fingerprint density at radius 3 is 2.31 bits per heavy atom. The van der Waals surface area contributed by atoms with Crippen LogP contribution in [0.1, 0.15) is 18.4 Å². The number of likely N-dealkylation sites (tertiary alicyclic amines) is 1. The van der Waals surface area contributed by atoms with E-state index in [1.165, 1.54) is 20.6 Å². The summed E-state index contributed by atoms with van der Waals surface area (Å²) in [6.45, 7) is 4.17. The molecular weight excluding hydrogens is 462 g/mol. The van der Waals surface area contributed by atoms with Gasteiger partial charge in [-0.3, -0.25) is 9.69 Å². The molecule has 0 radical (unpaired) electrons. The number of amides is 1. The minimum absolute atomic E-state index is 0.00130. The first kappa shape index (κ1) is 23.9. The van der Waals surface area contributed by atoms with Crippen molar-refractivity contribution in [2.75, 3.05) is 44.7 Å². The number of nitrogens with zero attached hydrogens (tertiary/aromatic N) is 2. The van der Waals surface area contributed by atoms with E-state index in [-0.39, 0.29) is 16.7 Å². The third-order valence-electron chi connectivity index (χ3n) is 6.96. The molecule has 1 amide bonds. The van der Waals surface area contributed by atoms with Crippen molar-refractivity contribution in [3.05, 3.63) is 72.3 Å². The first-order valence-electron chi connectivity index (χ1n) is 12.2. The normalized spacial score (nSPS) is 18.5. The summed E-state index contributed by atoms with van der Waals surface area (Å²) in [4.78, 5) is 15.5. The number of hydrogen-bond acceptors (Lipinski definition) is 5. The smallest absolute Gasteiger partial charge is 0.243 e. The Morgan fingerprint density at radius 1 is 0.886 bits per heavy atom. The second-order valence-corrected chi connectivity index (χ2v) is 11.2. The zero-order valence-corrected chi connectivity index (χ0v) is 20.5. The summed E-state index contributed by atoms with van der Waals surface area (Å²) in [5.74, 6) is -0.0471. The minimum atomic E-state index is -3.54. The van der Waals surface area contributed by atoms with Gasteiger partial charge in [0.2, 0.25) is 15.9 Å². The summed E-state index contributed by atoms with van der Waals surface area (Å²) >= 11 is 0. The van der Waals surface area contributed by atoms with Crippen LogP contribution in [-0.4, -0.2) is 62.9 Å². The molecule has 3 aromatic rings. The predicted molar refractivity (Wildman–Crippen MR) is 137 cm³/mol. The highest BCUT2D eigenvalue weighted by molar-refractivity contribution is 7.89. The van der Waals surface area contributed by atoms with Crippen molar-refractivity contribution in [1.82, 2.24) is 9.21 Å². The van der Waals surface area contributed by atoms with E-state index in [2.05, 4.69) is 52.7 Å². The molecule has 1 N–H and O–H groups in total.